The van der Waals surface area contributed by atoms with E-state index in [-0.39, 0.29) is 6.04 Å². The smallest absolute Gasteiger partial charge is 0.301 e. The van der Waals surface area contributed by atoms with Crippen LogP contribution in [0.3, 0.4) is 0 Å². The largest absolute Gasteiger partial charge is 0.329 e. The zero-order chi connectivity index (χ0) is 14.8. The molecule has 0 radical (unpaired) electrons. The Bertz CT molecular complexity index is 572. The molecule has 1 fully saturated rings. The predicted octanol–water partition coefficient (Wildman–Crippen LogP) is 1.77. The number of anilines is 1. The molecule has 1 aromatic carbocycles. The lowest BCUT2D eigenvalue weighted by Gasteiger charge is -2.34. The number of hydrogen-bond acceptors (Lipinski definition) is 3. The molecule has 0 amide bonds. The van der Waals surface area contributed by atoms with Gasteiger partial charge < -0.3 is 5.73 Å². The summed E-state index contributed by atoms with van der Waals surface area (Å²) in [6.07, 6.45) is 2.77. The van der Waals surface area contributed by atoms with E-state index in [1.165, 1.54) is 4.31 Å². The van der Waals surface area contributed by atoms with Crippen LogP contribution in [-0.4, -0.2) is 31.9 Å². The maximum absolute atomic E-state index is 12.5. The zero-order valence-electron chi connectivity index (χ0n) is 12.1. The van der Waals surface area contributed by atoms with Gasteiger partial charge in [0.25, 0.3) is 0 Å². The van der Waals surface area contributed by atoms with Crippen molar-refractivity contribution in [2.75, 3.05) is 17.8 Å². The van der Waals surface area contributed by atoms with Crippen LogP contribution >= 0.6 is 0 Å². The highest BCUT2D eigenvalue weighted by atomic mass is 32.2. The van der Waals surface area contributed by atoms with E-state index in [0.29, 0.717) is 18.8 Å². The molecule has 1 aliphatic heterocycles. The molecule has 2 rings (SSSR count). The summed E-state index contributed by atoms with van der Waals surface area (Å²) in [7, 11) is -3.53. The molecule has 1 aliphatic rings. The van der Waals surface area contributed by atoms with Crippen molar-refractivity contribution in [3.05, 3.63) is 29.3 Å². The van der Waals surface area contributed by atoms with Crippen LogP contribution in [0, 0.1) is 13.8 Å². The zero-order valence-corrected chi connectivity index (χ0v) is 12.9. The van der Waals surface area contributed by atoms with Gasteiger partial charge in [-0.3, -0.25) is 4.72 Å². The fourth-order valence-corrected chi connectivity index (χ4v) is 4.15. The Labute approximate surface area is 121 Å². The third kappa shape index (κ3) is 3.13. The fourth-order valence-electron chi connectivity index (χ4n) is 2.59. The van der Waals surface area contributed by atoms with Crippen molar-refractivity contribution in [1.82, 2.24) is 4.31 Å². The number of piperidine rings is 1. The monoisotopic (exact) mass is 297 g/mol. The highest BCUT2D eigenvalue weighted by molar-refractivity contribution is 7.90. The molecule has 6 heteroatoms. The molecule has 1 aromatic rings. The minimum atomic E-state index is -3.53. The molecule has 112 valence electrons. The van der Waals surface area contributed by atoms with E-state index in [0.717, 1.165) is 30.4 Å². The van der Waals surface area contributed by atoms with E-state index in [9.17, 15) is 8.42 Å². The van der Waals surface area contributed by atoms with Gasteiger partial charge in [-0.25, -0.2) is 0 Å². The van der Waals surface area contributed by atoms with E-state index in [4.69, 9.17) is 5.73 Å². The normalized spacial score (nSPS) is 20.9. The third-order valence-corrected chi connectivity index (χ3v) is 5.57. The Morgan fingerprint density at radius 3 is 2.80 bits per heavy atom. The van der Waals surface area contributed by atoms with Crippen LogP contribution in [0.15, 0.2) is 18.2 Å². The first-order valence-corrected chi connectivity index (χ1v) is 8.45. The molecule has 0 aromatic heterocycles. The second-order valence-electron chi connectivity index (χ2n) is 5.35. The lowest BCUT2D eigenvalue weighted by molar-refractivity contribution is 0.259. The standard InChI is InChI=1S/C14H23N3O2S/c1-11-6-5-8-14(12(11)2)16-20(18,19)17-9-4-3-7-13(17)10-15/h5-6,8,13,16H,3-4,7,9-10,15H2,1-2H3. The Balaban J connectivity index is 2.24. The van der Waals surface area contributed by atoms with Gasteiger partial charge in [-0.2, -0.15) is 12.7 Å². The fraction of sp³-hybridized carbons (Fsp3) is 0.571. The van der Waals surface area contributed by atoms with Gasteiger partial charge in [0.05, 0.1) is 5.69 Å². The van der Waals surface area contributed by atoms with Gasteiger partial charge in [-0.1, -0.05) is 18.6 Å². The molecule has 0 spiro atoms. The number of hydrogen-bond donors (Lipinski definition) is 2. The summed E-state index contributed by atoms with van der Waals surface area (Å²) in [5.41, 5.74) is 8.37. The molecule has 1 atom stereocenters. The van der Waals surface area contributed by atoms with Crippen LogP contribution in [0.4, 0.5) is 5.69 Å². The van der Waals surface area contributed by atoms with Gasteiger partial charge in [0.2, 0.25) is 0 Å². The first kappa shape index (κ1) is 15.3. The van der Waals surface area contributed by atoms with E-state index >= 15 is 0 Å². The summed E-state index contributed by atoms with van der Waals surface area (Å²) in [5.74, 6) is 0. The van der Waals surface area contributed by atoms with E-state index < -0.39 is 10.2 Å². The van der Waals surface area contributed by atoms with Crippen molar-refractivity contribution >= 4 is 15.9 Å². The molecular formula is C14H23N3O2S. The van der Waals surface area contributed by atoms with Crippen LogP contribution in [0.25, 0.3) is 0 Å². The number of nitrogens with one attached hydrogen (secondary N) is 1. The van der Waals surface area contributed by atoms with E-state index in [1.54, 1.807) is 6.07 Å². The van der Waals surface area contributed by atoms with Crippen LogP contribution < -0.4 is 10.5 Å². The van der Waals surface area contributed by atoms with Crippen molar-refractivity contribution in [3.63, 3.8) is 0 Å². The van der Waals surface area contributed by atoms with Crippen LogP contribution in [0.1, 0.15) is 30.4 Å². The summed E-state index contributed by atoms with van der Waals surface area (Å²) < 4.78 is 29.3. The molecule has 3 N–H and O–H groups in total. The number of benzene rings is 1. The molecule has 1 unspecified atom stereocenters. The van der Waals surface area contributed by atoms with Gasteiger partial charge in [0.15, 0.2) is 0 Å². The predicted molar refractivity (Wildman–Crippen MR) is 81.9 cm³/mol. The lowest BCUT2D eigenvalue weighted by atomic mass is 10.1. The Morgan fingerprint density at radius 1 is 1.35 bits per heavy atom. The summed E-state index contributed by atoms with van der Waals surface area (Å²) in [6, 6.07) is 5.53. The SMILES string of the molecule is Cc1cccc(NS(=O)(=O)N2CCCCC2CN)c1C. The maximum Gasteiger partial charge on any atom is 0.301 e. The van der Waals surface area contributed by atoms with Crippen LogP contribution in [0.5, 0.6) is 0 Å². The molecule has 5 nitrogen and oxygen atoms in total. The first-order chi connectivity index (χ1) is 9.45. The highest BCUT2D eigenvalue weighted by Gasteiger charge is 2.31. The molecular weight excluding hydrogens is 274 g/mol. The second kappa shape index (κ2) is 6.11. The van der Waals surface area contributed by atoms with Crippen LogP contribution in [0.2, 0.25) is 0 Å². The van der Waals surface area contributed by atoms with Crippen molar-refractivity contribution in [1.29, 1.82) is 0 Å². The average molecular weight is 297 g/mol. The summed E-state index contributed by atoms with van der Waals surface area (Å²) in [6.45, 7) is 4.80. The number of rotatable bonds is 4. The molecule has 1 saturated heterocycles. The Kier molecular flexibility index (Phi) is 4.67. The van der Waals surface area contributed by atoms with Crippen molar-refractivity contribution < 1.29 is 8.42 Å². The number of nitrogens with two attached hydrogens (primary N) is 1. The molecule has 0 bridgehead atoms. The molecule has 0 saturated carbocycles. The quantitative estimate of drug-likeness (QED) is 0.889. The summed E-state index contributed by atoms with van der Waals surface area (Å²) in [4.78, 5) is 0. The van der Waals surface area contributed by atoms with Gasteiger partial charge in [0.1, 0.15) is 0 Å². The lowest BCUT2D eigenvalue weighted by Crippen LogP contribution is -2.49. The Hall–Kier alpha value is -1.11. The molecule has 0 aliphatic carbocycles. The number of aryl methyl sites for hydroxylation is 1. The molecule has 20 heavy (non-hydrogen) atoms. The summed E-state index contributed by atoms with van der Waals surface area (Å²) in [5, 5.41) is 0. The number of nitrogens with zero attached hydrogens (tertiary/aromatic N) is 1. The second-order valence-corrected chi connectivity index (χ2v) is 6.97. The Morgan fingerprint density at radius 2 is 2.10 bits per heavy atom. The third-order valence-electron chi connectivity index (χ3n) is 4.00. The maximum atomic E-state index is 12.5. The molecule has 1 heterocycles. The first-order valence-electron chi connectivity index (χ1n) is 7.01. The van der Waals surface area contributed by atoms with Gasteiger partial charge in [-0.05, 0) is 43.9 Å². The van der Waals surface area contributed by atoms with Gasteiger partial charge >= 0.3 is 10.2 Å². The van der Waals surface area contributed by atoms with Crippen molar-refractivity contribution in [2.24, 2.45) is 5.73 Å². The minimum absolute atomic E-state index is 0.0913. The van der Waals surface area contributed by atoms with Gasteiger partial charge in [-0.15, -0.1) is 0 Å². The summed E-state index contributed by atoms with van der Waals surface area (Å²) >= 11 is 0. The average Bonchev–Trinajstić information content (AvgIpc) is 2.43. The van der Waals surface area contributed by atoms with Gasteiger partial charge in [0, 0.05) is 19.1 Å². The van der Waals surface area contributed by atoms with E-state index in [1.807, 2.05) is 26.0 Å². The highest BCUT2D eigenvalue weighted by Crippen LogP contribution is 2.24. The minimum Gasteiger partial charge on any atom is -0.329 e. The topological polar surface area (TPSA) is 75.4 Å². The van der Waals surface area contributed by atoms with E-state index in [2.05, 4.69) is 4.72 Å². The van der Waals surface area contributed by atoms with Crippen molar-refractivity contribution in [2.45, 2.75) is 39.2 Å². The van der Waals surface area contributed by atoms with Crippen molar-refractivity contribution in [3.8, 4) is 0 Å². The van der Waals surface area contributed by atoms with Crippen LogP contribution in [-0.2, 0) is 10.2 Å².